The molecule has 0 amide bonds. The molecule has 0 fully saturated rings. The molecule has 14 heteroatoms. The Morgan fingerprint density at radius 2 is 1.64 bits per heavy atom. The smallest absolute Gasteiger partial charge is 0.479 e. The number of hydrogen-bond donors (Lipinski definition) is 4. The molecule has 0 bridgehead atoms. The zero-order chi connectivity index (χ0) is 21.7. The van der Waals surface area contributed by atoms with Gasteiger partial charge in [0.15, 0.2) is 5.60 Å². The number of aromatic nitrogens is 2. The maximum atomic E-state index is 10.8. The van der Waals surface area contributed by atoms with Gasteiger partial charge in [-0.05, 0) is 25.1 Å². The van der Waals surface area contributed by atoms with Crippen molar-refractivity contribution < 1.29 is 42.6 Å². The van der Waals surface area contributed by atoms with Gasteiger partial charge in [0.2, 0.25) is 5.82 Å². The predicted octanol–water partition coefficient (Wildman–Crippen LogP) is 2.92. The fourth-order valence-corrected chi connectivity index (χ4v) is 1.94. The van der Waals surface area contributed by atoms with E-state index in [0.717, 1.165) is 6.92 Å². The van der Waals surface area contributed by atoms with Gasteiger partial charge in [-0.3, -0.25) is 0 Å². The number of nitrogens with one attached hydrogen (secondary N) is 1. The number of carboxylic acid groups (broad SMARTS) is 2. The highest BCUT2D eigenvalue weighted by molar-refractivity contribution is 6.35. The van der Waals surface area contributed by atoms with Crippen LogP contribution < -0.4 is 5.32 Å². The van der Waals surface area contributed by atoms with E-state index in [9.17, 15) is 23.1 Å². The highest BCUT2D eigenvalue weighted by Gasteiger charge is 2.38. The summed E-state index contributed by atoms with van der Waals surface area (Å²) >= 11 is 11.8. The van der Waals surface area contributed by atoms with Crippen LogP contribution in [0.3, 0.4) is 0 Å². The maximum absolute atomic E-state index is 10.8. The van der Waals surface area contributed by atoms with Crippen LogP contribution >= 0.6 is 23.2 Å². The van der Waals surface area contributed by atoms with E-state index in [2.05, 4.69) is 15.5 Å². The Morgan fingerprint density at radius 3 is 2.07 bits per heavy atom. The van der Waals surface area contributed by atoms with Gasteiger partial charge in [-0.15, -0.1) is 0 Å². The summed E-state index contributed by atoms with van der Waals surface area (Å²) in [5.74, 6) is -3.89. The lowest BCUT2D eigenvalue weighted by Gasteiger charge is -2.16. The first kappa shape index (κ1) is 23.5. The second kappa shape index (κ2) is 9.08. The SMILES string of the molecule is CC(O)(CNc1nc(-c2cc(Cl)cc(Cl)c2)no1)C(=O)O.O=C(O)C(F)(F)F. The van der Waals surface area contributed by atoms with Crippen LogP contribution in [0.2, 0.25) is 10.0 Å². The molecule has 1 aromatic carbocycles. The van der Waals surface area contributed by atoms with E-state index in [1.165, 1.54) is 0 Å². The minimum absolute atomic E-state index is 0.0253. The third-order valence-electron chi connectivity index (χ3n) is 2.83. The summed E-state index contributed by atoms with van der Waals surface area (Å²) in [7, 11) is 0. The first-order valence-corrected chi connectivity index (χ1v) is 7.78. The van der Waals surface area contributed by atoms with Crippen molar-refractivity contribution in [2.75, 3.05) is 11.9 Å². The fourth-order valence-electron chi connectivity index (χ4n) is 1.42. The summed E-state index contributed by atoms with van der Waals surface area (Å²) in [4.78, 5) is 23.7. The fraction of sp³-hybridized carbons (Fsp3) is 0.286. The third-order valence-corrected chi connectivity index (χ3v) is 3.27. The molecule has 0 aliphatic heterocycles. The van der Waals surface area contributed by atoms with Crippen molar-refractivity contribution in [3.05, 3.63) is 28.2 Å². The van der Waals surface area contributed by atoms with E-state index in [-0.39, 0.29) is 18.4 Å². The molecule has 28 heavy (non-hydrogen) atoms. The molecule has 9 nitrogen and oxygen atoms in total. The lowest BCUT2D eigenvalue weighted by molar-refractivity contribution is -0.192. The second-order valence-electron chi connectivity index (χ2n) is 5.32. The normalized spacial score (nSPS) is 13.1. The lowest BCUT2D eigenvalue weighted by Crippen LogP contribution is -2.41. The van der Waals surface area contributed by atoms with Gasteiger partial charge in [-0.2, -0.15) is 18.2 Å². The molecule has 1 aromatic heterocycles. The van der Waals surface area contributed by atoms with Gasteiger partial charge < -0.3 is 25.2 Å². The summed E-state index contributed by atoms with van der Waals surface area (Å²) in [5.41, 5.74) is -1.40. The Labute approximate surface area is 164 Å². The Bertz CT molecular complexity index is 837. The molecule has 1 heterocycles. The Balaban J connectivity index is 0.000000480. The first-order chi connectivity index (χ1) is 12.7. The van der Waals surface area contributed by atoms with Crippen molar-refractivity contribution in [3.63, 3.8) is 0 Å². The van der Waals surface area contributed by atoms with Crippen LogP contribution in [0.5, 0.6) is 0 Å². The standard InChI is InChI=1S/C12H11Cl2N3O4.C2HF3O2/c1-12(20,10(18)19)5-15-11-16-9(17-21-11)6-2-7(13)4-8(14)3-6;3-2(4,5)1(6)7/h2-4,20H,5H2,1H3,(H,18,19)(H,15,16,17);(H,6,7). The summed E-state index contributed by atoms with van der Waals surface area (Å²) in [6.45, 7) is 0.858. The number of benzene rings is 1. The molecule has 0 saturated carbocycles. The number of hydrogen-bond acceptors (Lipinski definition) is 7. The molecule has 1 atom stereocenters. The molecule has 0 aliphatic rings. The van der Waals surface area contributed by atoms with Crippen LogP contribution in [-0.4, -0.2) is 55.7 Å². The highest BCUT2D eigenvalue weighted by atomic mass is 35.5. The summed E-state index contributed by atoms with van der Waals surface area (Å²) < 4.78 is 36.6. The highest BCUT2D eigenvalue weighted by Crippen LogP contribution is 2.26. The number of alkyl halides is 3. The Kier molecular flexibility index (Phi) is 7.61. The average molecular weight is 446 g/mol. The molecular formula is C14H12Cl2F3N3O6. The van der Waals surface area contributed by atoms with Gasteiger partial charge in [-0.25, -0.2) is 9.59 Å². The second-order valence-corrected chi connectivity index (χ2v) is 6.19. The topological polar surface area (TPSA) is 146 Å². The molecule has 2 rings (SSSR count). The number of nitrogens with zero attached hydrogens (tertiary/aromatic N) is 2. The number of anilines is 1. The number of aliphatic hydroxyl groups is 1. The van der Waals surface area contributed by atoms with Crippen molar-refractivity contribution in [1.82, 2.24) is 10.1 Å². The van der Waals surface area contributed by atoms with Gasteiger partial charge in [-0.1, -0.05) is 28.4 Å². The zero-order valence-corrected chi connectivity index (χ0v) is 15.3. The van der Waals surface area contributed by atoms with Crippen molar-refractivity contribution in [3.8, 4) is 11.4 Å². The molecule has 4 N–H and O–H groups in total. The first-order valence-electron chi connectivity index (χ1n) is 7.02. The van der Waals surface area contributed by atoms with Crippen molar-refractivity contribution in [2.45, 2.75) is 18.7 Å². The number of rotatable bonds is 5. The molecule has 154 valence electrons. The predicted molar refractivity (Wildman–Crippen MR) is 90.2 cm³/mol. The number of aliphatic carboxylic acids is 2. The van der Waals surface area contributed by atoms with Crippen LogP contribution in [0.15, 0.2) is 22.7 Å². The molecule has 1 unspecified atom stereocenters. The van der Waals surface area contributed by atoms with Crippen LogP contribution in [0, 0.1) is 0 Å². The quantitative estimate of drug-likeness (QED) is 0.545. The van der Waals surface area contributed by atoms with E-state index in [4.69, 9.17) is 42.7 Å². The van der Waals surface area contributed by atoms with Crippen molar-refractivity contribution in [2.24, 2.45) is 0 Å². The number of halogens is 5. The molecule has 0 saturated heterocycles. The van der Waals surface area contributed by atoms with Gasteiger partial charge >= 0.3 is 24.1 Å². The van der Waals surface area contributed by atoms with E-state index in [0.29, 0.717) is 15.6 Å². The Morgan fingerprint density at radius 1 is 1.14 bits per heavy atom. The van der Waals surface area contributed by atoms with Gasteiger partial charge in [0.1, 0.15) is 0 Å². The average Bonchev–Trinajstić information content (AvgIpc) is 3.00. The largest absolute Gasteiger partial charge is 0.490 e. The summed E-state index contributed by atoms with van der Waals surface area (Å²) in [5, 5.41) is 32.6. The van der Waals surface area contributed by atoms with Crippen LogP contribution in [-0.2, 0) is 9.59 Å². The molecule has 0 spiro atoms. The number of carboxylic acids is 2. The zero-order valence-electron chi connectivity index (χ0n) is 13.8. The van der Waals surface area contributed by atoms with Crippen LogP contribution in [0.1, 0.15) is 6.92 Å². The molecule has 0 radical (unpaired) electrons. The molecule has 0 aliphatic carbocycles. The summed E-state index contributed by atoms with van der Waals surface area (Å²) in [6.07, 6.45) is -5.08. The summed E-state index contributed by atoms with van der Waals surface area (Å²) in [6, 6.07) is 4.75. The van der Waals surface area contributed by atoms with Crippen LogP contribution in [0.25, 0.3) is 11.4 Å². The minimum atomic E-state index is -5.08. The van der Waals surface area contributed by atoms with E-state index in [1.807, 2.05) is 0 Å². The third kappa shape index (κ3) is 7.21. The van der Waals surface area contributed by atoms with E-state index in [1.54, 1.807) is 18.2 Å². The van der Waals surface area contributed by atoms with Crippen molar-refractivity contribution >= 4 is 41.2 Å². The lowest BCUT2D eigenvalue weighted by atomic mass is 10.1. The van der Waals surface area contributed by atoms with Gasteiger partial charge in [0.25, 0.3) is 0 Å². The Hall–Kier alpha value is -2.57. The maximum Gasteiger partial charge on any atom is 0.490 e. The van der Waals surface area contributed by atoms with E-state index < -0.39 is 23.7 Å². The number of carbonyl (C=O) groups is 2. The molecule has 2 aromatic rings. The monoisotopic (exact) mass is 445 g/mol. The van der Waals surface area contributed by atoms with Gasteiger partial charge in [0.05, 0.1) is 6.54 Å². The molecular weight excluding hydrogens is 434 g/mol. The van der Waals surface area contributed by atoms with Crippen LogP contribution in [0.4, 0.5) is 19.2 Å². The van der Waals surface area contributed by atoms with Gasteiger partial charge in [0, 0.05) is 15.6 Å². The van der Waals surface area contributed by atoms with Crippen molar-refractivity contribution in [1.29, 1.82) is 0 Å². The minimum Gasteiger partial charge on any atom is -0.479 e. The van der Waals surface area contributed by atoms with E-state index >= 15 is 0 Å².